The summed E-state index contributed by atoms with van der Waals surface area (Å²) < 4.78 is 5.46. The van der Waals surface area contributed by atoms with Crippen molar-refractivity contribution in [2.75, 3.05) is 26.3 Å². The number of amides is 3. The minimum absolute atomic E-state index is 0.0276. The normalized spacial score (nSPS) is 17.6. The van der Waals surface area contributed by atoms with Gasteiger partial charge in [0, 0.05) is 38.5 Å². The lowest BCUT2D eigenvalue weighted by Gasteiger charge is -2.16. The summed E-state index contributed by atoms with van der Waals surface area (Å²) in [6, 6.07) is 0. The van der Waals surface area contributed by atoms with Crippen LogP contribution in [0, 0.1) is 17.8 Å². The molecular formula is C20H36N2O4. The summed E-state index contributed by atoms with van der Waals surface area (Å²) in [6.07, 6.45) is 4.22. The van der Waals surface area contributed by atoms with Gasteiger partial charge in [-0.25, -0.2) is 0 Å². The maximum absolute atomic E-state index is 12.2. The number of hydrogen-bond acceptors (Lipinski definition) is 4. The molecule has 1 unspecified atom stereocenters. The summed E-state index contributed by atoms with van der Waals surface area (Å²) in [5.41, 5.74) is 0. The Hall–Kier alpha value is -1.43. The molecule has 3 amide bonds. The fourth-order valence-electron chi connectivity index (χ4n) is 2.97. The molecule has 1 aliphatic rings. The number of nitrogens with zero attached hydrogens (tertiary/aromatic N) is 1. The Morgan fingerprint density at radius 2 is 1.88 bits per heavy atom. The van der Waals surface area contributed by atoms with Crippen LogP contribution in [0.3, 0.4) is 0 Å². The van der Waals surface area contributed by atoms with Gasteiger partial charge >= 0.3 is 0 Å². The maximum Gasteiger partial charge on any atom is 0.233 e. The molecule has 26 heavy (non-hydrogen) atoms. The Kier molecular flexibility index (Phi) is 10.5. The van der Waals surface area contributed by atoms with Crippen LogP contribution in [0.2, 0.25) is 0 Å². The molecule has 0 saturated carbocycles. The van der Waals surface area contributed by atoms with Gasteiger partial charge in [0.2, 0.25) is 17.7 Å². The molecule has 0 radical (unpaired) electrons. The van der Waals surface area contributed by atoms with Crippen molar-refractivity contribution < 1.29 is 19.1 Å². The minimum Gasteiger partial charge on any atom is -0.380 e. The van der Waals surface area contributed by atoms with E-state index >= 15 is 0 Å². The largest absolute Gasteiger partial charge is 0.380 e. The lowest BCUT2D eigenvalue weighted by Crippen LogP contribution is -2.32. The van der Waals surface area contributed by atoms with Crippen LogP contribution in [-0.4, -0.2) is 48.9 Å². The smallest absolute Gasteiger partial charge is 0.233 e. The molecule has 0 aliphatic carbocycles. The monoisotopic (exact) mass is 368 g/mol. The van der Waals surface area contributed by atoms with E-state index in [1.165, 1.54) is 4.90 Å². The molecule has 0 aromatic rings. The molecule has 1 heterocycles. The molecule has 1 fully saturated rings. The average molecular weight is 369 g/mol. The third kappa shape index (κ3) is 8.30. The van der Waals surface area contributed by atoms with Gasteiger partial charge in [0.1, 0.15) is 0 Å². The van der Waals surface area contributed by atoms with E-state index in [1.807, 2.05) is 13.8 Å². The standard InChI is InChI=1S/C20H36N2O4/c1-15(2)9-12-26-13-10-21-18(23)8-6-5-7-11-22-19(24)14-17(16(3)4)20(22)25/h15-17H,5-14H2,1-4H3,(H,21,23). The van der Waals surface area contributed by atoms with E-state index in [9.17, 15) is 14.4 Å². The van der Waals surface area contributed by atoms with Crippen LogP contribution in [0.5, 0.6) is 0 Å². The highest BCUT2D eigenvalue weighted by atomic mass is 16.5. The first-order chi connectivity index (χ1) is 12.3. The van der Waals surface area contributed by atoms with Crippen molar-refractivity contribution in [2.24, 2.45) is 17.8 Å². The number of hydrogen-bond donors (Lipinski definition) is 1. The van der Waals surface area contributed by atoms with Crippen LogP contribution in [-0.2, 0) is 19.1 Å². The Bertz CT molecular complexity index is 463. The van der Waals surface area contributed by atoms with Crippen molar-refractivity contribution in [1.82, 2.24) is 10.2 Å². The second kappa shape index (κ2) is 12.0. The Labute approximate surface area is 158 Å². The van der Waals surface area contributed by atoms with E-state index in [0.29, 0.717) is 38.5 Å². The van der Waals surface area contributed by atoms with Crippen molar-refractivity contribution in [2.45, 2.75) is 66.2 Å². The van der Waals surface area contributed by atoms with Crippen LogP contribution in [0.4, 0.5) is 0 Å². The van der Waals surface area contributed by atoms with Crippen LogP contribution >= 0.6 is 0 Å². The van der Waals surface area contributed by atoms with Crippen LogP contribution in [0.1, 0.15) is 66.2 Å². The fraction of sp³-hybridized carbons (Fsp3) is 0.850. The highest BCUT2D eigenvalue weighted by Crippen LogP contribution is 2.26. The summed E-state index contributed by atoms with van der Waals surface area (Å²) in [7, 11) is 0. The topological polar surface area (TPSA) is 75.7 Å². The minimum atomic E-state index is -0.156. The first-order valence-electron chi connectivity index (χ1n) is 10.0. The highest BCUT2D eigenvalue weighted by Gasteiger charge is 2.39. The predicted molar refractivity (Wildman–Crippen MR) is 101 cm³/mol. The second-order valence-electron chi connectivity index (χ2n) is 7.89. The van der Waals surface area contributed by atoms with Gasteiger partial charge in [0.05, 0.1) is 6.61 Å². The zero-order valence-corrected chi connectivity index (χ0v) is 16.9. The number of carbonyl (C=O) groups excluding carboxylic acids is 3. The van der Waals surface area contributed by atoms with E-state index in [1.54, 1.807) is 0 Å². The molecule has 1 atom stereocenters. The number of likely N-dealkylation sites (tertiary alicyclic amines) is 1. The number of carbonyl (C=O) groups is 3. The van der Waals surface area contributed by atoms with Gasteiger partial charge < -0.3 is 10.1 Å². The summed E-state index contributed by atoms with van der Waals surface area (Å²) in [4.78, 5) is 37.3. The third-order valence-corrected chi connectivity index (χ3v) is 4.78. The second-order valence-corrected chi connectivity index (χ2v) is 7.89. The average Bonchev–Trinajstić information content (AvgIpc) is 2.85. The molecule has 150 valence electrons. The molecule has 6 nitrogen and oxygen atoms in total. The number of unbranched alkanes of at least 4 members (excludes halogenated alkanes) is 2. The summed E-state index contributed by atoms with van der Waals surface area (Å²) in [5, 5.41) is 2.85. The van der Waals surface area contributed by atoms with Gasteiger partial charge in [0.15, 0.2) is 0 Å². The molecule has 0 bridgehead atoms. The lowest BCUT2D eigenvalue weighted by molar-refractivity contribution is -0.139. The fourth-order valence-corrected chi connectivity index (χ4v) is 2.97. The van der Waals surface area contributed by atoms with Crippen molar-refractivity contribution in [3.8, 4) is 0 Å². The Morgan fingerprint density at radius 1 is 1.15 bits per heavy atom. The van der Waals surface area contributed by atoms with E-state index in [4.69, 9.17) is 4.74 Å². The SMILES string of the molecule is CC(C)CCOCCNC(=O)CCCCCN1C(=O)CC(C(C)C)C1=O. The molecule has 0 aromatic heterocycles. The van der Waals surface area contributed by atoms with E-state index in [2.05, 4.69) is 19.2 Å². The molecule has 0 aromatic carbocycles. The molecule has 0 spiro atoms. The number of nitrogens with one attached hydrogen (secondary N) is 1. The van der Waals surface area contributed by atoms with Gasteiger partial charge in [-0.1, -0.05) is 34.1 Å². The number of ether oxygens (including phenoxy) is 1. The summed E-state index contributed by atoms with van der Waals surface area (Å²) in [6.45, 7) is 10.6. The number of imide groups is 1. The van der Waals surface area contributed by atoms with Crippen molar-refractivity contribution in [1.29, 1.82) is 0 Å². The zero-order chi connectivity index (χ0) is 19.5. The van der Waals surface area contributed by atoms with E-state index in [0.717, 1.165) is 32.3 Å². The van der Waals surface area contributed by atoms with Gasteiger partial charge in [0.25, 0.3) is 0 Å². The molecule has 6 heteroatoms. The van der Waals surface area contributed by atoms with Gasteiger partial charge in [-0.15, -0.1) is 0 Å². The molecule has 1 rings (SSSR count). The molecule has 1 saturated heterocycles. The predicted octanol–water partition coefficient (Wildman–Crippen LogP) is 2.76. The summed E-state index contributed by atoms with van der Waals surface area (Å²) in [5.74, 6) is 0.632. The van der Waals surface area contributed by atoms with E-state index < -0.39 is 0 Å². The Balaban J connectivity index is 2.04. The first kappa shape index (κ1) is 22.6. The van der Waals surface area contributed by atoms with Crippen LogP contribution in [0.15, 0.2) is 0 Å². The quantitative estimate of drug-likeness (QED) is 0.401. The van der Waals surface area contributed by atoms with Crippen molar-refractivity contribution in [3.63, 3.8) is 0 Å². The zero-order valence-electron chi connectivity index (χ0n) is 16.9. The van der Waals surface area contributed by atoms with Crippen LogP contribution in [0.25, 0.3) is 0 Å². The van der Waals surface area contributed by atoms with Gasteiger partial charge in [-0.3, -0.25) is 19.3 Å². The van der Waals surface area contributed by atoms with E-state index in [-0.39, 0.29) is 29.6 Å². The molecule has 1 aliphatic heterocycles. The highest BCUT2D eigenvalue weighted by molar-refractivity contribution is 6.03. The number of rotatable bonds is 13. The van der Waals surface area contributed by atoms with Crippen molar-refractivity contribution in [3.05, 3.63) is 0 Å². The first-order valence-corrected chi connectivity index (χ1v) is 10.0. The van der Waals surface area contributed by atoms with Gasteiger partial charge in [-0.05, 0) is 31.1 Å². The third-order valence-electron chi connectivity index (χ3n) is 4.78. The molecular weight excluding hydrogens is 332 g/mol. The van der Waals surface area contributed by atoms with Crippen LogP contribution < -0.4 is 5.32 Å². The van der Waals surface area contributed by atoms with Gasteiger partial charge in [-0.2, -0.15) is 0 Å². The Morgan fingerprint density at radius 3 is 2.50 bits per heavy atom. The van der Waals surface area contributed by atoms with Crippen molar-refractivity contribution >= 4 is 17.7 Å². The lowest BCUT2D eigenvalue weighted by atomic mass is 9.94. The maximum atomic E-state index is 12.2. The summed E-state index contributed by atoms with van der Waals surface area (Å²) >= 11 is 0. The molecule has 1 N–H and O–H groups in total.